The summed E-state index contributed by atoms with van der Waals surface area (Å²) >= 11 is 3.07. The number of benzene rings is 1. The van der Waals surface area contributed by atoms with E-state index in [1.165, 1.54) is 0 Å². The highest BCUT2D eigenvalue weighted by molar-refractivity contribution is 9.10. The van der Waals surface area contributed by atoms with Crippen LogP contribution in [0.15, 0.2) is 16.6 Å². The molecule has 2 N–H and O–H groups in total. The summed E-state index contributed by atoms with van der Waals surface area (Å²) in [4.78, 5) is 10.9. The molecule has 0 atom stereocenters. The lowest BCUT2D eigenvalue weighted by Crippen LogP contribution is -2.33. The van der Waals surface area contributed by atoms with E-state index in [1.807, 2.05) is 0 Å². The lowest BCUT2D eigenvalue weighted by Gasteiger charge is -2.18. The molecule has 2 amide bonds. The van der Waals surface area contributed by atoms with E-state index < -0.39 is 0 Å². The SMILES string of the molecule is O=C1NCc2c(ccc(Br)c2F)N1. The van der Waals surface area contributed by atoms with Gasteiger partial charge in [0.05, 0.1) is 10.2 Å². The molecule has 0 saturated heterocycles. The summed E-state index contributed by atoms with van der Waals surface area (Å²) < 4.78 is 13.8. The van der Waals surface area contributed by atoms with Gasteiger partial charge in [0.2, 0.25) is 0 Å². The van der Waals surface area contributed by atoms with Gasteiger partial charge in [-0.25, -0.2) is 9.18 Å². The van der Waals surface area contributed by atoms with Gasteiger partial charge in [-0.3, -0.25) is 0 Å². The summed E-state index contributed by atoms with van der Waals surface area (Å²) in [6.45, 7) is 0.229. The number of hydrogen-bond acceptors (Lipinski definition) is 1. The second-order valence-corrected chi connectivity index (χ2v) is 3.55. The molecule has 0 saturated carbocycles. The van der Waals surface area contributed by atoms with Gasteiger partial charge in [0.15, 0.2) is 0 Å². The summed E-state index contributed by atoms with van der Waals surface area (Å²) in [5.74, 6) is -0.329. The van der Waals surface area contributed by atoms with Crippen LogP contribution in [0.5, 0.6) is 0 Å². The molecule has 0 fully saturated rings. The van der Waals surface area contributed by atoms with E-state index in [-0.39, 0.29) is 18.4 Å². The Balaban J connectivity index is 2.53. The van der Waals surface area contributed by atoms with Crippen LogP contribution in [0.2, 0.25) is 0 Å². The third-order valence-electron chi connectivity index (χ3n) is 1.87. The van der Waals surface area contributed by atoms with Crippen molar-refractivity contribution < 1.29 is 9.18 Å². The van der Waals surface area contributed by atoms with Gasteiger partial charge in [-0.1, -0.05) is 0 Å². The Labute approximate surface area is 82.4 Å². The number of urea groups is 1. The zero-order chi connectivity index (χ0) is 9.42. The highest BCUT2D eigenvalue weighted by Crippen LogP contribution is 2.27. The fourth-order valence-electron chi connectivity index (χ4n) is 1.22. The third-order valence-corrected chi connectivity index (χ3v) is 2.48. The van der Waals surface area contributed by atoms with Gasteiger partial charge in [0.1, 0.15) is 5.82 Å². The van der Waals surface area contributed by atoms with E-state index in [1.54, 1.807) is 12.1 Å². The van der Waals surface area contributed by atoms with Gasteiger partial charge in [-0.05, 0) is 28.1 Å². The van der Waals surface area contributed by atoms with E-state index in [4.69, 9.17) is 0 Å². The molecule has 2 rings (SSSR count). The second-order valence-electron chi connectivity index (χ2n) is 2.70. The summed E-state index contributed by atoms with van der Waals surface area (Å²) in [6, 6.07) is 2.94. The highest BCUT2D eigenvalue weighted by Gasteiger charge is 2.18. The molecule has 13 heavy (non-hydrogen) atoms. The number of amides is 2. The van der Waals surface area contributed by atoms with Crippen molar-refractivity contribution in [1.82, 2.24) is 5.32 Å². The van der Waals surface area contributed by atoms with Gasteiger partial charge < -0.3 is 10.6 Å². The monoisotopic (exact) mass is 244 g/mol. The molecule has 5 heteroatoms. The van der Waals surface area contributed by atoms with Crippen LogP contribution in [-0.4, -0.2) is 6.03 Å². The Bertz CT molecular complexity index is 381. The standard InChI is InChI=1S/C8H6BrFN2O/c9-5-1-2-6-4(7(5)10)3-11-8(13)12-6/h1-2H,3H2,(H2,11,12,13). The van der Waals surface area contributed by atoms with Crippen molar-refractivity contribution in [2.24, 2.45) is 0 Å². The third kappa shape index (κ3) is 1.39. The minimum atomic E-state index is -0.329. The van der Waals surface area contributed by atoms with Crippen LogP contribution in [0.3, 0.4) is 0 Å². The van der Waals surface area contributed by atoms with E-state index >= 15 is 0 Å². The molecule has 1 heterocycles. The molecular weight excluding hydrogens is 239 g/mol. The maximum absolute atomic E-state index is 13.4. The van der Waals surface area contributed by atoms with Crippen molar-refractivity contribution in [2.45, 2.75) is 6.54 Å². The molecule has 1 aliphatic rings. The second kappa shape index (κ2) is 2.99. The molecular formula is C8H6BrFN2O. The van der Waals surface area contributed by atoms with E-state index in [0.717, 1.165) is 0 Å². The predicted octanol–water partition coefficient (Wildman–Crippen LogP) is 2.22. The van der Waals surface area contributed by atoms with Crippen molar-refractivity contribution in [2.75, 3.05) is 5.32 Å². The molecule has 0 aromatic heterocycles. The van der Waals surface area contributed by atoms with Gasteiger partial charge in [-0.15, -0.1) is 0 Å². The first-order valence-electron chi connectivity index (χ1n) is 3.70. The topological polar surface area (TPSA) is 41.1 Å². The lowest BCUT2D eigenvalue weighted by atomic mass is 10.1. The van der Waals surface area contributed by atoms with Crippen molar-refractivity contribution in [3.05, 3.63) is 28.0 Å². The fourth-order valence-corrected chi connectivity index (χ4v) is 1.59. The van der Waals surface area contributed by atoms with Gasteiger partial charge in [-0.2, -0.15) is 0 Å². The number of rotatable bonds is 0. The molecule has 0 aliphatic carbocycles. The summed E-state index contributed by atoms with van der Waals surface area (Å²) in [6.07, 6.45) is 0. The van der Waals surface area contributed by atoms with Crippen LogP contribution >= 0.6 is 15.9 Å². The minimum Gasteiger partial charge on any atom is -0.334 e. The van der Waals surface area contributed by atoms with Crippen LogP contribution < -0.4 is 10.6 Å². The number of carbonyl (C=O) groups is 1. The normalized spacial score (nSPS) is 14.5. The molecule has 1 aromatic carbocycles. The number of halogens is 2. The largest absolute Gasteiger partial charge is 0.334 e. The molecule has 0 radical (unpaired) electrons. The van der Waals surface area contributed by atoms with Crippen molar-refractivity contribution >= 4 is 27.6 Å². The Morgan fingerprint density at radius 1 is 1.46 bits per heavy atom. The fraction of sp³-hybridized carbons (Fsp3) is 0.125. The average Bonchev–Trinajstić information content (AvgIpc) is 2.12. The number of anilines is 1. The number of fused-ring (bicyclic) bond motifs is 1. The molecule has 0 bridgehead atoms. The van der Waals surface area contributed by atoms with Crippen LogP contribution in [0, 0.1) is 5.82 Å². The minimum absolute atomic E-state index is 0.229. The van der Waals surface area contributed by atoms with Gasteiger partial charge in [0, 0.05) is 12.1 Å². The Morgan fingerprint density at radius 3 is 3.00 bits per heavy atom. The number of nitrogens with one attached hydrogen (secondary N) is 2. The average molecular weight is 245 g/mol. The number of carbonyl (C=O) groups excluding carboxylic acids is 1. The van der Waals surface area contributed by atoms with Crippen LogP contribution in [0.1, 0.15) is 5.56 Å². The molecule has 0 unspecified atom stereocenters. The number of hydrogen-bond donors (Lipinski definition) is 2. The zero-order valence-corrected chi connectivity index (χ0v) is 8.11. The van der Waals surface area contributed by atoms with Crippen molar-refractivity contribution in [3.8, 4) is 0 Å². The Kier molecular flexibility index (Phi) is 1.95. The molecule has 1 aromatic rings. The Morgan fingerprint density at radius 2 is 2.23 bits per heavy atom. The first-order valence-corrected chi connectivity index (χ1v) is 4.49. The van der Waals surface area contributed by atoms with Crippen LogP contribution in [0.25, 0.3) is 0 Å². The van der Waals surface area contributed by atoms with Gasteiger partial charge in [0.25, 0.3) is 0 Å². The van der Waals surface area contributed by atoms with Crippen molar-refractivity contribution in [1.29, 1.82) is 0 Å². The van der Waals surface area contributed by atoms with Crippen LogP contribution in [-0.2, 0) is 6.54 Å². The molecule has 3 nitrogen and oxygen atoms in total. The molecule has 1 aliphatic heterocycles. The summed E-state index contributed by atoms with van der Waals surface area (Å²) in [5.41, 5.74) is 1.01. The quantitative estimate of drug-likeness (QED) is 0.722. The predicted molar refractivity (Wildman–Crippen MR) is 50.0 cm³/mol. The highest BCUT2D eigenvalue weighted by atomic mass is 79.9. The maximum Gasteiger partial charge on any atom is 0.319 e. The smallest absolute Gasteiger partial charge is 0.319 e. The van der Waals surface area contributed by atoms with E-state index in [9.17, 15) is 9.18 Å². The van der Waals surface area contributed by atoms with Crippen molar-refractivity contribution in [3.63, 3.8) is 0 Å². The van der Waals surface area contributed by atoms with E-state index in [0.29, 0.717) is 15.7 Å². The summed E-state index contributed by atoms with van der Waals surface area (Å²) in [5, 5.41) is 5.01. The van der Waals surface area contributed by atoms with Gasteiger partial charge >= 0.3 is 6.03 Å². The maximum atomic E-state index is 13.4. The summed E-state index contributed by atoms with van der Waals surface area (Å²) in [7, 11) is 0. The molecule has 0 spiro atoms. The Hall–Kier alpha value is -1.10. The van der Waals surface area contributed by atoms with E-state index in [2.05, 4.69) is 26.6 Å². The first-order chi connectivity index (χ1) is 6.18. The molecule has 68 valence electrons. The zero-order valence-electron chi connectivity index (χ0n) is 6.53. The lowest BCUT2D eigenvalue weighted by molar-refractivity contribution is 0.250. The first kappa shape index (κ1) is 8.50. The van der Waals surface area contributed by atoms with Crippen LogP contribution in [0.4, 0.5) is 14.9 Å².